The van der Waals surface area contributed by atoms with E-state index in [0.29, 0.717) is 12.5 Å². The predicted octanol–water partition coefficient (Wildman–Crippen LogP) is 1.47. The Kier molecular flexibility index (Phi) is 3.21. The van der Waals surface area contributed by atoms with Crippen LogP contribution in [-0.4, -0.2) is 34.8 Å². The fourth-order valence-electron chi connectivity index (χ4n) is 2.59. The zero-order valence-electron chi connectivity index (χ0n) is 11.6. The number of carbonyl (C=O) groups excluding carboxylic acids is 2. The van der Waals surface area contributed by atoms with E-state index in [0.717, 1.165) is 12.8 Å². The van der Waals surface area contributed by atoms with Crippen LogP contribution in [0, 0.1) is 5.92 Å². The second-order valence-electron chi connectivity index (χ2n) is 5.85. The van der Waals surface area contributed by atoms with E-state index in [1.807, 2.05) is 26.8 Å². The Balaban J connectivity index is 2.30. The van der Waals surface area contributed by atoms with Crippen LogP contribution in [0.25, 0.3) is 0 Å². The van der Waals surface area contributed by atoms with Crippen molar-refractivity contribution in [1.29, 1.82) is 0 Å². The first kappa shape index (κ1) is 13.1. The fraction of sp³-hybridized carbons (Fsp3) is 0.714. The van der Waals surface area contributed by atoms with Gasteiger partial charge in [0.1, 0.15) is 11.6 Å². The van der Waals surface area contributed by atoms with Crippen molar-refractivity contribution in [2.45, 2.75) is 52.1 Å². The molecule has 0 aromatic rings. The third-order valence-electron chi connectivity index (χ3n) is 4.06. The third-order valence-corrected chi connectivity index (χ3v) is 4.06. The summed E-state index contributed by atoms with van der Waals surface area (Å²) in [5.41, 5.74) is 0.509. The third kappa shape index (κ3) is 2.04. The molecule has 1 saturated heterocycles. The number of carbonyl (C=O) groups is 2. The van der Waals surface area contributed by atoms with Crippen LogP contribution >= 0.6 is 0 Å². The number of nitrogens with zero attached hydrogens (tertiary/aromatic N) is 1. The van der Waals surface area contributed by atoms with Crippen LogP contribution in [0.2, 0.25) is 0 Å². The highest BCUT2D eigenvalue weighted by Gasteiger charge is 2.55. The van der Waals surface area contributed by atoms with Gasteiger partial charge in [-0.25, -0.2) is 0 Å². The molecule has 2 fully saturated rings. The van der Waals surface area contributed by atoms with Gasteiger partial charge in [0.15, 0.2) is 0 Å². The van der Waals surface area contributed by atoms with Gasteiger partial charge >= 0.3 is 0 Å². The molecule has 0 bridgehead atoms. The molecular formula is C14H22N2O2. The minimum absolute atomic E-state index is 0.000689. The van der Waals surface area contributed by atoms with Gasteiger partial charge in [0.05, 0.1) is 0 Å². The molecule has 2 aliphatic rings. The zero-order valence-corrected chi connectivity index (χ0v) is 11.6. The number of hydrogen-bond donors (Lipinski definition) is 1. The number of rotatable bonds is 3. The standard InChI is InChI=1S/C14H22N2O2/c1-9(2)7-8-16-12(17)10(3)15-13(18)14(16,4)11-5-6-11/h7,10-11H,5-6,8H2,1-4H3,(H,15,18). The summed E-state index contributed by atoms with van der Waals surface area (Å²) in [6, 6.07) is -0.408. The Bertz CT molecular complexity index is 408. The van der Waals surface area contributed by atoms with Crippen molar-refractivity contribution in [2.24, 2.45) is 5.92 Å². The number of amides is 2. The van der Waals surface area contributed by atoms with E-state index in [2.05, 4.69) is 5.32 Å². The van der Waals surface area contributed by atoms with Gasteiger partial charge in [0.25, 0.3) is 0 Å². The van der Waals surface area contributed by atoms with Gasteiger partial charge < -0.3 is 10.2 Å². The summed E-state index contributed by atoms with van der Waals surface area (Å²) in [5, 5.41) is 2.81. The van der Waals surface area contributed by atoms with Gasteiger partial charge in [-0.1, -0.05) is 11.6 Å². The second-order valence-corrected chi connectivity index (χ2v) is 5.85. The van der Waals surface area contributed by atoms with Gasteiger partial charge in [-0.15, -0.1) is 0 Å². The zero-order chi connectivity index (χ0) is 13.5. The maximum Gasteiger partial charge on any atom is 0.246 e. The fourth-order valence-corrected chi connectivity index (χ4v) is 2.59. The van der Waals surface area contributed by atoms with Crippen LogP contribution < -0.4 is 5.32 Å². The van der Waals surface area contributed by atoms with Crippen LogP contribution in [0.4, 0.5) is 0 Å². The minimum atomic E-state index is -0.657. The number of hydrogen-bond acceptors (Lipinski definition) is 2. The lowest BCUT2D eigenvalue weighted by molar-refractivity contribution is -0.156. The number of allylic oxidation sites excluding steroid dienone is 1. The molecule has 1 saturated carbocycles. The lowest BCUT2D eigenvalue weighted by Crippen LogP contribution is -2.69. The van der Waals surface area contributed by atoms with Crippen LogP contribution in [-0.2, 0) is 9.59 Å². The summed E-state index contributed by atoms with van der Waals surface area (Å²) >= 11 is 0. The molecule has 1 aliphatic carbocycles. The Morgan fingerprint density at radius 1 is 1.44 bits per heavy atom. The molecule has 2 rings (SSSR count). The van der Waals surface area contributed by atoms with E-state index in [-0.39, 0.29) is 11.8 Å². The molecule has 1 N–H and O–H groups in total. The largest absolute Gasteiger partial charge is 0.343 e. The average molecular weight is 250 g/mol. The van der Waals surface area contributed by atoms with Crippen LogP contribution in [0.1, 0.15) is 40.5 Å². The van der Waals surface area contributed by atoms with Crippen molar-refractivity contribution in [1.82, 2.24) is 10.2 Å². The molecule has 4 nitrogen and oxygen atoms in total. The first-order valence-electron chi connectivity index (χ1n) is 6.63. The van der Waals surface area contributed by atoms with E-state index in [1.165, 1.54) is 5.57 Å². The van der Waals surface area contributed by atoms with Crippen molar-refractivity contribution in [2.75, 3.05) is 6.54 Å². The van der Waals surface area contributed by atoms with E-state index < -0.39 is 11.6 Å². The van der Waals surface area contributed by atoms with Gasteiger partial charge in [-0.3, -0.25) is 9.59 Å². The van der Waals surface area contributed by atoms with Crippen LogP contribution in [0.15, 0.2) is 11.6 Å². The first-order chi connectivity index (χ1) is 8.37. The monoisotopic (exact) mass is 250 g/mol. The van der Waals surface area contributed by atoms with E-state index in [9.17, 15) is 9.59 Å². The van der Waals surface area contributed by atoms with Crippen LogP contribution in [0.3, 0.4) is 0 Å². The minimum Gasteiger partial charge on any atom is -0.343 e. The highest BCUT2D eigenvalue weighted by atomic mass is 16.2. The maximum absolute atomic E-state index is 12.3. The van der Waals surface area contributed by atoms with E-state index in [1.54, 1.807) is 11.8 Å². The summed E-state index contributed by atoms with van der Waals surface area (Å²) in [7, 11) is 0. The number of piperazine rings is 1. The SMILES string of the molecule is CC(C)=CCN1C(=O)C(C)NC(=O)C1(C)C1CC1. The Labute approximate surface area is 108 Å². The lowest BCUT2D eigenvalue weighted by Gasteiger charge is -2.45. The summed E-state index contributed by atoms with van der Waals surface area (Å²) < 4.78 is 0. The molecule has 2 atom stereocenters. The summed E-state index contributed by atoms with van der Waals surface area (Å²) in [5.74, 6) is 0.347. The Morgan fingerprint density at radius 2 is 2.06 bits per heavy atom. The molecule has 18 heavy (non-hydrogen) atoms. The molecule has 0 radical (unpaired) electrons. The van der Waals surface area contributed by atoms with Gasteiger partial charge in [-0.05, 0) is 46.5 Å². The quantitative estimate of drug-likeness (QED) is 0.771. The molecule has 0 aromatic heterocycles. The van der Waals surface area contributed by atoms with Crippen molar-refractivity contribution in [3.63, 3.8) is 0 Å². The molecule has 0 aromatic carbocycles. The van der Waals surface area contributed by atoms with Gasteiger partial charge in [0, 0.05) is 6.54 Å². The summed E-state index contributed by atoms with van der Waals surface area (Å²) in [6.45, 7) is 8.20. The van der Waals surface area contributed by atoms with E-state index >= 15 is 0 Å². The topological polar surface area (TPSA) is 49.4 Å². The average Bonchev–Trinajstić information content (AvgIpc) is 3.10. The predicted molar refractivity (Wildman–Crippen MR) is 69.9 cm³/mol. The molecule has 0 spiro atoms. The molecular weight excluding hydrogens is 228 g/mol. The molecule has 100 valence electrons. The Morgan fingerprint density at radius 3 is 2.56 bits per heavy atom. The summed E-state index contributed by atoms with van der Waals surface area (Å²) in [4.78, 5) is 26.4. The normalized spacial score (nSPS) is 32.2. The Hall–Kier alpha value is -1.32. The van der Waals surface area contributed by atoms with Gasteiger partial charge in [0.2, 0.25) is 11.8 Å². The maximum atomic E-state index is 12.3. The molecule has 2 unspecified atom stereocenters. The first-order valence-corrected chi connectivity index (χ1v) is 6.63. The van der Waals surface area contributed by atoms with Gasteiger partial charge in [-0.2, -0.15) is 0 Å². The summed E-state index contributed by atoms with van der Waals surface area (Å²) in [6.07, 6.45) is 4.09. The lowest BCUT2D eigenvalue weighted by atomic mass is 9.88. The van der Waals surface area contributed by atoms with Crippen LogP contribution in [0.5, 0.6) is 0 Å². The van der Waals surface area contributed by atoms with Crippen molar-refractivity contribution < 1.29 is 9.59 Å². The van der Waals surface area contributed by atoms with Crippen molar-refractivity contribution >= 4 is 11.8 Å². The van der Waals surface area contributed by atoms with Crippen molar-refractivity contribution in [3.8, 4) is 0 Å². The molecule has 1 aliphatic heterocycles. The number of nitrogens with one attached hydrogen (secondary N) is 1. The molecule has 1 heterocycles. The van der Waals surface area contributed by atoms with E-state index in [4.69, 9.17) is 0 Å². The highest BCUT2D eigenvalue weighted by Crippen LogP contribution is 2.44. The van der Waals surface area contributed by atoms with Crippen molar-refractivity contribution in [3.05, 3.63) is 11.6 Å². The second kappa shape index (κ2) is 4.41. The smallest absolute Gasteiger partial charge is 0.246 e. The molecule has 4 heteroatoms. The molecule has 2 amide bonds. The highest BCUT2D eigenvalue weighted by molar-refractivity contribution is 5.99.